The fourth-order valence-corrected chi connectivity index (χ4v) is 3.84. The molecule has 2 fully saturated rings. The van der Waals surface area contributed by atoms with Crippen molar-refractivity contribution in [2.24, 2.45) is 0 Å². The van der Waals surface area contributed by atoms with Gasteiger partial charge in [-0.25, -0.2) is 0 Å². The van der Waals surface area contributed by atoms with Crippen LogP contribution in [0.1, 0.15) is 43.2 Å². The number of nitrogens with zero attached hydrogens (tertiary/aromatic N) is 2. The van der Waals surface area contributed by atoms with Crippen LogP contribution in [0.25, 0.3) is 6.08 Å². The zero-order chi connectivity index (χ0) is 18.6. The van der Waals surface area contributed by atoms with E-state index in [-0.39, 0.29) is 11.9 Å². The predicted molar refractivity (Wildman–Crippen MR) is 95.5 cm³/mol. The van der Waals surface area contributed by atoms with Crippen molar-refractivity contribution >= 4 is 12.0 Å². The Labute approximate surface area is 152 Å². The van der Waals surface area contributed by atoms with Crippen molar-refractivity contribution in [3.63, 3.8) is 0 Å². The van der Waals surface area contributed by atoms with Gasteiger partial charge in [0.1, 0.15) is 0 Å². The highest BCUT2D eigenvalue weighted by atomic mass is 19.4. The number of rotatable bonds is 4. The van der Waals surface area contributed by atoms with E-state index in [9.17, 15) is 18.0 Å². The van der Waals surface area contributed by atoms with Crippen LogP contribution in [-0.4, -0.2) is 47.9 Å². The fourth-order valence-electron chi connectivity index (χ4n) is 3.84. The van der Waals surface area contributed by atoms with Crippen LogP contribution in [0, 0.1) is 0 Å². The molecular formula is C20H25F3N2O. The maximum Gasteiger partial charge on any atom is 0.416 e. The largest absolute Gasteiger partial charge is 0.416 e. The number of amides is 1. The molecule has 1 aromatic rings. The van der Waals surface area contributed by atoms with Crippen molar-refractivity contribution in [3.8, 4) is 0 Å². The van der Waals surface area contributed by atoms with Crippen LogP contribution in [0.2, 0.25) is 0 Å². The summed E-state index contributed by atoms with van der Waals surface area (Å²) in [5, 5.41) is 0. The number of hydrogen-bond acceptors (Lipinski definition) is 2. The van der Waals surface area contributed by atoms with Gasteiger partial charge in [0.2, 0.25) is 5.91 Å². The quantitative estimate of drug-likeness (QED) is 0.746. The molecule has 1 atom stereocenters. The van der Waals surface area contributed by atoms with Crippen molar-refractivity contribution in [1.82, 2.24) is 9.80 Å². The van der Waals surface area contributed by atoms with Gasteiger partial charge in [-0.3, -0.25) is 4.79 Å². The summed E-state index contributed by atoms with van der Waals surface area (Å²) >= 11 is 0. The average Bonchev–Trinajstić information content (AvgIpc) is 3.08. The molecule has 3 rings (SSSR count). The Morgan fingerprint density at radius 3 is 2.62 bits per heavy atom. The Kier molecular flexibility index (Phi) is 6.01. The van der Waals surface area contributed by atoms with Crippen LogP contribution in [0.15, 0.2) is 30.3 Å². The third-order valence-electron chi connectivity index (χ3n) is 5.21. The lowest BCUT2D eigenvalue weighted by Gasteiger charge is -2.32. The number of hydrogen-bond donors (Lipinski definition) is 0. The Balaban J connectivity index is 1.62. The number of piperidine rings is 1. The summed E-state index contributed by atoms with van der Waals surface area (Å²) in [4.78, 5) is 16.9. The second kappa shape index (κ2) is 8.25. The molecule has 1 aromatic carbocycles. The van der Waals surface area contributed by atoms with Gasteiger partial charge in [-0.05, 0) is 62.5 Å². The molecule has 26 heavy (non-hydrogen) atoms. The second-order valence-corrected chi connectivity index (χ2v) is 7.15. The molecule has 3 nitrogen and oxygen atoms in total. The van der Waals surface area contributed by atoms with Crippen molar-refractivity contribution in [2.45, 2.75) is 44.3 Å². The molecule has 0 saturated carbocycles. The van der Waals surface area contributed by atoms with E-state index in [1.165, 1.54) is 37.5 Å². The summed E-state index contributed by atoms with van der Waals surface area (Å²) in [5.74, 6) is -0.109. The molecule has 0 spiro atoms. The van der Waals surface area contributed by atoms with E-state index in [2.05, 4.69) is 4.90 Å². The molecular weight excluding hydrogens is 341 g/mol. The molecule has 0 radical (unpaired) electrons. The molecule has 0 aromatic heterocycles. The topological polar surface area (TPSA) is 23.6 Å². The van der Waals surface area contributed by atoms with Gasteiger partial charge in [0, 0.05) is 25.2 Å². The summed E-state index contributed by atoms with van der Waals surface area (Å²) < 4.78 is 38.3. The zero-order valence-electron chi connectivity index (χ0n) is 14.8. The van der Waals surface area contributed by atoms with Crippen molar-refractivity contribution in [1.29, 1.82) is 0 Å². The number of likely N-dealkylation sites (tertiary alicyclic amines) is 2. The minimum atomic E-state index is -4.37. The number of carbonyl (C=O) groups excluding carboxylic acids is 1. The molecule has 2 aliphatic rings. The van der Waals surface area contributed by atoms with E-state index in [1.807, 2.05) is 4.90 Å². The van der Waals surface area contributed by atoms with Gasteiger partial charge in [0.15, 0.2) is 0 Å². The minimum absolute atomic E-state index is 0.109. The van der Waals surface area contributed by atoms with E-state index in [4.69, 9.17) is 0 Å². The van der Waals surface area contributed by atoms with Gasteiger partial charge in [-0.2, -0.15) is 13.2 Å². The Bertz CT molecular complexity index is 651. The average molecular weight is 366 g/mol. The SMILES string of the molecule is O=C(C=Cc1cccc(C(F)(F)F)c1)N1CCCC1CN1CCCCC1. The molecule has 6 heteroatoms. The van der Waals surface area contributed by atoms with E-state index in [0.717, 1.165) is 51.2 Å². The summed E-state index contributed by atoms with van der Waals surface area (Å²) in [6, 6.07) is 5.26. The van der Waals surface area contributed by atoms with E-state index in [1.54, 1.807) is 6.07 Å². The number of carbonyl (C=O) groups is 1. The normalized spacial score (nSPS) is 22.3. The zero-order valence-corrected chi connectivity index (χ0v) is 14.8. The molecule has 2 saturated heterocycles. The van der Waals surface area contributed by atoms with Crippen LogP contribution in [0.4, 0.5) is 13.2 Å². The first-order valence-corrected chi connectivity index (χ1v) is 9.32. The smallest absolute Gasteiger partial charge is 0.335 e. The maximum absolute atomic E-state index is 12.8. The lowest BCUT2D eigenvalue weighted by atomic mass is 10.1. The van der Waals surface area contributed by atoms with Gasteiger partial charge in [-0.1, -0.05) is 18.6 Å². The minimum Gasteiger partial charge on any atom is -0.335 e. The van der Waals surface area contributed by atoms with Crippen LogP contribution in [0.3, 0.4) is 0 Å². The standard InChI is InChI=1S/C20H25F3N2O/c21-20(22,23)17-7-4-6-16(14-17)9-10-19(26)25-13-5-8-18(25)15-24-11-2-1-3-12-24/h4,6-7,9-10,14,18H,1-3,5,8,11-13,15H2. The van der Waals surface area contributed by atoms with Crippen LogP contribution in [0.5, 0.6) is 0 Å². The molecule has 1 unspecified atom stereocenters. The summed E-state index contributed by atoms with van der Waals surface area (Å²) in [6.45, 7) is 3.82. The van der Waals surface area contributed by atoms with E-state index in [0.29, 0.717) is 5.56 Å². The Hall–Kier alpha value is -1.82. The lowest BCUT2D eigenvalue weighted by Crippen LogP contribution is -2.44. The fraction of sp³-hybridized carbons (Fsp3) is 0.550. The van der Waals surface area contributed by atoms with Crippen LogP contribution in [-0.2, 0) is 11.0 Å². The third-order valence-corrected chi connectivity index (χ3v) is 5.21. The molecule has 2 aliphatic heterocycles. The van der Waals surface area contributed by atoms with Gasteiger partial charge in [0.05, 0.1) is 5.56 Å². The molecule has 0 N–H and O–H groups in total. The Morgan fingerprint density at radius 1 is 1.12 bits per heavy atom. The van der Waals surface area contributed by atoms with Crippen LogP contribution < -0.4 is 0 Å². The van der Waals surface area contributed by atoms with Crippen molar-refractivity contribution in [3.05, 3.63) is 41.5 Å². The van der Waals surface area contributed by atoms with Crippen LogP contribution >= 0.6 is 0 Å². The first kappa shape index (κ1) is 19.0. The van der Waals surface area contributed by atoms with Crippen molar-refractivity contribution in [2.75, 3.05) is 26.2 Å². The van der Waals surface area contributed by atoms with Gasteiger partial charge >= 0.3 is 6.18 Å². The highest BCUT2D eigenvalue weighted by molar-refractivity contribution is 5.92. The lowest BCUT2D eigenvalue weighted by molar-refractivity contribution is -0.137. The third kappa shape index (κ3) is 4.87. The molecule has 0 bridgehead atoms. The highest BCUT2D eigenvalue weighted by Gasteiger charge is 2.31. The molecule has 142 valence electrons. The molecule has 0 aliphatic carbocycles. The van der Waals surface area contributed by atoms with E-state index < -0.39 is 11.7 Å². The van der Waals surface area contributed by atoms with Gasteiger partial charge in [-0.15, -0.1) is 0 Å². The van der Waals surface area contributed by atoms with Crippen molar-refractivity contribution < 1.29 is 18.0 Å². The monoisotopic (exact) mass is 366 g/mol. The molecule has 1 amide bonds. The molecule has 2 heterocycles. The predicted octanol–water partition coefficient (Wildman–Crippen LogP) is 4.20. The maximum atomic E-state index is 12.8. The number of alkyl halides is 3. The van der Waals surface area contributed by atoms with Gasteiger partial charge < -0.3 is 9.80 Å². The highest BCUT2D eigenvalue weighted by Crippen LogP contribution is 2.29. The second-order valence-electron chi connectivity index (χ2n) is 7.15. The Morgan fingerprint density at radius 2 is 1.88 bits per heavy atom. The first-order chi connectivity index (χ1) is 12.4. The van der Waals surface area contributed by atoms with Gasteiger partial charge in [0.25, 0.3) is 0 Å². The number of benzene rings is 1. The first-order valence-electron chi connectivity index (χ1n) is 9.32. The summed E-state index contributed by atoms with van der Waals surface area (Å²) in [5.41, 5.74) is -0.309. The number of halogens is 3. The summed E-state index contributed by atoms with van der Waals surface area (Å²) in [6.07, 6.45) is 4.22. The van der Waals surface area contributed by atoms with E-state index >= 15 is 0 Å². The summed E-state index contributed by atoms with van der Waals surface area (Å²) in [7, 11) is 0.